The van der Waals surface area contributed by atoms with Crippen LogP contribution in [-0.2, 0) is 6.42 Å². The molecule has 0 unspecified atom stereocenters. The Hall–Kier alpha value is -3.61. The molecule has 1 aliphatic heterocycles. The van der Waals surface area contributed by atoms with Crippen LogP contribution in [0.5, 0.6) is 0 Å². The number of rotatable bonds is 3. The van der Waals surface area contributed by atoms with Crippen molar-refractivity contribution < 1.29 is 0 Å². The van der Waals surface area contributed by atoms with Crippen molar-refractivity contribution in [1.82, 2.24) is 4.98 Å². The van der Waals surface area contributed by atoms with Gasteiger partial charge in [-0.15, -0.1) is 5.54 Å². The van der Waals surface area contributed by atoms with Crippen molar-refractivity contribution in [3.05, 3.63) is 114 Å². The van der Waals surface area contributed by atoms with Gasteiger partial charge in [0.25, 0.3) is 0 Å². The number of fused-ring (bicyclic) bond motifs is 1. The zero-order valence-electron chi connectivity index (χ0n) is 21.0. The summed E-state index contributed by atoms with van der Waals surface area (Å²) in [6, 6.07) is 32.5. The van der Waals surface area contributed by atoms with Crippen molar-refractivity contribution in [3.63, 3.8) is 0 Å². The lowest BCUT2D eigenvalue weighted by Crippen LogP contribution is -2.63. The molecule has 5 rings (SSSR count). The Morgan fingerprint density at radius 1 is 0.800 bits per heavy atom. The second kappa shape index (κ2) is 9.21. The zero-order valence-corrected chi connectivity index (χ0v) is 22.0. The molecule has 0 radical (unpaired) electrons. The number of pyridine rings is 1. The van der Waals surface area contributed by atoms with Crippen LogP contribution in [0, 0.1) is 18.4 Å². The van der Waals surface area contributed by atoms with E-state index in [0.717, 1.165) is 24.3 Å². The molecule has 35 heavy (non-hydrogen) atoms. The fourth-order valence-corrected chi connectivity index (χ4v) is 9.88. The number of aromatic nitrogens is 1. The van der Waals surface area contributed by atoms with Gasteiger partial charge in [0, 0.05) is 18.3 Å². The van der Waals surface area contributed by atoms with Gasteiger partial charge in [-0.25, -0.2) is 4.98 Å². The van der Waals surface area contributed by atoms with Gasteiger partial charge in [-0.05, 0) is 58.1 Å². The summed E-state index contributed by atoms with van der Waals surface area (Å²) in [5.41, 5.74) is 9.04. The second-order valence-corrected chi connectivity index (χ2v) is 14.7. The Labute approximate surface area is 210 Å². The van der Waals surface area contributed by atoms with Gasteiger partial charge in [0.05, 0.1) is 5.69 Å². The Morgan fingerprint density at radius 2 is 1.43 bits per heavy atom. The molecule has 174 valence electrons. The zero-order chi connectivity index (χ0) is 24.5. The van der Waals surface area contributed by atoms with Crippen molar-refractivity contribution >= 4 is 30.0 Å². The standard InChI is InChI=1S/C32H32N2Si/c1-25-18-19-26(31-29(25)20-23-34(31)30-17-11-12-22-33-30)21-24-35(32(2,3)4,27-13-7-5-8-14-27)28-15-9-6-10-16-28/h5-19,22H,20,23H2,1-4H3. The first-order valence-electron chi connectivity index (χ1n) is 12.4. The molecule has 0 aliphatic carbocycles. The van der Waals surface area contributed by atoms with Gasteiger partial charge in [-0.3, -0.25) is 0 Å². The van der Waals surface area contributed by atoms with Gasteiger partial charge in [0.15, 0.2) is 0 Å². The topological polar surface area (TPSA) is 16.1 Å². The monoisotopic (exact) mass is 472 g/mol. The lowest BCUT2D eigenvalue weighted by Gasteiger charge is -2.39. The normalized spacial score (nSPS) is 13.2. The third kappa shape index (κ3) is 4.09. The summed E-state index contributed by atoms with van der Waals surface area (Å²) in [5.74, 6) is 4.75. The molecule has 0 saturated heterocycles. The number of anilines is 2. The molecule has 2 nitrogen and oxygen atoms in total. The van der Waals surface area contributed by atoms with Crippen molar-refractivity contribution in [2.75, 3.05) is 11.4 Å². The molecular weight excluding hydrogens is 440 g/mol. The highest BCUT2D eigenvalue weighted by Crippen LogP contribution is 2.39. The van der Waals surface area contributed by atoms with Crippen LogP contribution in [-0.4, -0.2) is 19.6 Å². The average Bonchev–Trinajstić information content (AvgIpc) is 3.33. The minimum atomic E-state index is -2.47. The highest BCUT2D eigenvalue weighted by atomic mass is 28.3. The van der Waals surface area contributed by atoms with Crippen molar-refractivity contribution in [2.24, 2.45) is 0 Å². The van der Waals surface area contributed by atoms with Gasteiger partial charge in [0.2, 0.25) is 8.07 Å². The van der Waals surface area contributed by atoms with E-state index in [9.17, 15) is 0 Å². The Balaban J connectivity index is 1.74. The summed E-state index contributed by atoms with van der Waals surface area (Å²) in [7, 11) is -2.47. The van der Waals surface area contributed by atoms with Crippen LogP contribution in [0.25, 0.3) is 0 Å². The van der Waals surface area contributed by atoms with Crippen molar-refractivity contribution in [2.45, 2.75) is 39.2 Å². The van der Waals surface area contributed by atoms with E-state index in [1.165, 1.54) is 27.2 Å². The van der Waals surface area contributed by atoms with E-state index in [-0.39, 0.29) is 5.04 Å². The molecule has 0 atom stereocenters. The van der Waals surface area contributed by atoms with Gasteiger partial charge in [-0.1, -0.05) is 99.5 Å². The summed E-state index contributed by atoms with van der Waals surface area (Å²) in [6.07, 6.45) is 2.89. The molecule has 4 aromatic rings. The Bertz CT molecular complexity index is 1340. The highest BCUT2D eigenvalue weighted by molar-refractivity contribution is 7.10. The first kappa shape index (κ1) is 23.1. The first-order chi connectivity index (χ1) is 16.9. The number of benzene rings is 3. The summed E-state index contributed by atoms with van der Waals surface area (Å²) in [4.78, 5) is 7.01. The fraction of sp³-hybridized carbons (Fsp3) is 0.219. The maximum Gasteiger partial charge on any atom is 0.204 e. The van der Waals surface area contributed by atoms with E-state index < -0.39 is 8.07 Å². The van der Waals surface area contributed by atoms with Crippen LogP contribution in [0.2, 0.25) is 5.04 Å². The minimum absolute atomic E-state index is 0.00273. The molecule has 0 fully saturated rings. The van der Waals surface area contributed by atoms with Crippen LogP contribution in [0.1, 0.15) is 37.5 Å². The lowest BCUT2D eigenvalue weighted by molar-refractivity contribution is 0.740. The minimum Gasteiger partial charge on any atom is -0.325 e. The molecule has 0 amide bonds. The molecule has 0 saturated carbocycles. The van der Waals surface area contributed by atoms with Crippen LogP contribution >= 0.6 is 0 Å². The molecule has 0 N–H and O–H groups in total. The molecular formula is C32H32N2Si. The third-order valence-electron chi connectivity index (χ3n) is 7.22. The van der Waals surface area contributed by atoms with Gasteiger partial charge < -0.3 is 4.90 Å². The van der Waals surface area contributed by atoms with Crippen LogP contribution in [0.3, 0.4) is 0 Å². The molecule has 0 spiro atoms. The molecule has 3 heteroatoms. The Kier molecular flexibility index (Phi) is 6.09. The van der Waals surface area contributed by atoms with E-state index in [4.69, 9.17) is 0 Å². The van der Waals surface area contributed by atoms with E-state index in [2.05, 4.69) is 134 Å². The Morgan fingerprint density at radius 3 is 2.00 bits per heavy atom. The number of aryl methyl sites for hydroxylation is 1. The maximum absolute atomic E-state index is 4.66. The number of hydrogen-bond acceptors (Lipinski definition) is 2. The predicted molar refractivity (Wildman–Crippen MR) is 151 cm³/mol. The smallest absolute Gasteiger partial charge is 0.204 e. The van der Waals surface area contributed by atoms with Gasteiger partial charge >= 0.3 is 0 Å². The third-order valence-corrected chi connectivity index (χ3v) is 12.4. The summed E-state index contributed by atoms with van der Waals surface area (Å²) >= 11 is 0. The summed E-state index contributed by atoms with van der Waals surface area (Å²) < 4.78 is 0. The molecule has 1 aliphatic rings. The van der Waals surface area contributed by atoms with E-state index in [1.54, 1.807) is 0 Å². The van der Waals surface area contributed by atoms with E-state index >= 15 is 0 Å². The highest BCUT2D eigenvalue weighted by Gasteiger charge is 2.47. The van der Waals surface area contributed by atoms with Crippen LogP contribution < -0.4 is 15.3 Å². The van der Waals surface area contributed by atoms with Crippen LogP contribution in [0.4, 0.5) is 11.5 Å². The summed E-state index contributed by atoms with van der Waals surface area (Å²) in [5, 5.41) is 2.71. The average molecular weight is 473 g/mol. The maximum atomic E-state index is 4.66. The fourth-order valence-electron chi connectivity index (χ4n) is 5.44. The predicted octanol–water partition coefficient (Wildman–Crippen LogP) is 6.04. The quantitative estimate of drug-likeness (QED) is 0.267. The van der Waals surface area contributed by atoms with Gasteiger partial charge in [-0.2, -0.15) is 0 Å². The molecule has 0 bridgehead atoms. The molecule has 1 aromatic heterocycles. The van der Waals surface area contributed by atoms with E-state index in [0.29, 0.717) is 0 Å². The van der Waals surface area contributed by atoms with E-state index in [1.807, 2.05) is 12.3 Å². The largest absolute Gasteiger partial charge is 0.325 e. The van der Waals surface area contributed by atoms with Crippen LogP contribution in [0.15, 0.2) is 97.2 Å². The first-order valence-corrected chi connectivity index (χ1v) is 14.4. The van der Waals surface area contributed by atoms with Crippen molar-refractivity contribution in [3.8, 4) is 11.5 Å². The van der Waals surface area contributed by atoms with Crippen molar-refractivity contribution in [1.29, 1.82) is 0 Å². The number of nitrogens with zero attached hydrogens (tertiary/aromatic N) is 2. The molecule has 3 aromatic carbocycles. The lowest BCUT2D eigenvalue weighted by atomic mass is 10.0. The molecule has 2 heterocycles. The number of hydrogen-bond donors (Lipinski definition) is 0. The summed E-state index contributed by atoms with van der Waals surface area (Å²) in [6.45, 7) is 10.2. The SMILES string of the molecule is Cc1ccc(C#C[Si](c2ccccc2)(c2ccccc2)C(C)(C)C)c2c1CCN2c1ccccn1. The van der Waals surface area contributed by atoms with Gasteiger partial charge in [0.1, 0.15) is 5.82 Å². The second-order valence-electron chi connectivity index (χ2n) is 10.3.